The maximum Gasteiger partial charge on any atom is 0.337 e. The van der Waals surface area contributed by atoms with E-state index in [2.05, 4.69) is 27.6 Å². The van der Waals surface area contributed by atoms with Gasteiger partial charge >= 0.3 is 5.97 Å². The smallest absolute Gasteiger partial charge is 0.337 e. The van der Waals surface area contributed by atoms with Gasteiger partial charge < -0.3 is 21.7 Å². The van der Waals surface area contributed by atoms with E-state index in [1.807, 2.05) is 6.92 Å². The molecule has 1 atom stereocenters. The van der Waals surface area contributed by atoms with E-state index in [4.69, 9.17) is 4.74 Å². The summed E-state index contributed by atoms with van der Waals surface area (Å²) in [6.45, 7) is 10.6. The Morgan fingerprint density at radius 2 is 1.43 bits per heavy atom. The molecule has 0 aliphatic heterocycles. The van der Waals surface area contributed by atoms with Gasteiger partial charge in [-0.2, -0.15) is 0 Å². The maximum atomic E-state index is 11.6. The summed E-state index contributed by atoms with van der Waals surface area (Å²) in [6, 6.07) is 0. The number of esters is 1. The molecular weight excluding hydrogens is 354 g/mol. The number of ether oxygens (including phenoxy) is 1. The molecule has 23 heavy (non-hydrogen) atoms. The molecule has 4 heteroatoms. The van der Waals surface area contributed by atoms with Crippen molar-refractivity contribution in [1.29, 1.82) is 0 Å². The largest absolute Gasteiger partial charge is 1.00 e. The van der Waals surface area contributed by atoms with Crippen molar-refractivity contribution in [3.63, 3.8) is 0 Å². The second kappa shape index (κ2) is 14.0. The standard InChI is InChI=1S/C19H38NO2.BrH/c1-7-8-9-10-11-12-13-14-15-16-20(5,6)18(4)22-19(21)17(2)3;/h18H,2,7-16H2,1,3-6H3;1H/q+1;/p-1. The number of nitrogens with zero attached hydrogens (tertiary/aromatic N) is 1. The first-order valence-corrected chi connectivity index (χ1v) is 9.00. The van der Waals surface area contributed by atoms with E-state index < -0.39 is 0 Å². The first-order valence-electron chi connectivity index (χ1n) is 9.00. The lowest BCUT2D eigenvalue weighted by Crippen LogP contribution is -3.00. The van der Waals surface area contributed by atoms with Crippen LogP contribution in [0.15, 0.2) is 12.2 Å². The molecule has 0 saturated heterocycles. The summed E-state index contributed by atoms with van der Waals surface area (Å²) in [4.78, 5) is 11.6. The normalized spacial score (nSPS) is 12.4. The molecule has 0 heterocycles. The molecule has 0 N–H and O–H groups in total. The third-order valence-electron chi connectivity index (χ3n) is 4.45. The lowest BCUT2D eigenvalue weighted by atomic mass is 10.1. The van der Waals surface area contributed by atoms with Crippen molar-refractivity contribution in [2.45, 2.75) is 84.8 Å². The second-order valence-corrected chi connectivity index (χ2v) is 7.12. The number of quaternary nitrogens is 1. The number of hydrogen-bond donors (Lipinski definition) is 0. The topological polar surface area (TPSA) is 26.3 Å². The molecule has 0 radical (unpaired) electrons. The third kappa shape index (κ3) is 12.7. The van der Waals surface area contributed by atoms with Crippen molar-refractivity contribution >= 4 is 5.97 Å². The van der Waals surface area contributed by atoms with Crippen LogP contribution in [0.25, 0.3) is 0 Å². The van der Waals surface area contributed by atoms with Gasteiger partial charge in [-0.3, -0.25) is 4.48 Å². The first-order chi connectivity index (χ1) is 10.3. The zero-order chi connectivity index (χ0) is 17.0. The Hall–Kier alpha value is -0.350. The highest BCUT2D eigenvalue weighted by Crippen LogP contribution is 2.14. The van der Waals surface area contributed by atoms with Crippen LogP contribution in [0.1, 0.15) is 78.6 Å². The van der Waals surface area contributed by atoms with Crippen LogP contribution in [0.3, 0.4) is 0 Å². The van der Waals surface area contributed by atoms with Gasteiger partial charge in [-0.05, 0) is 19.8 Å². The average molecular weight is 392 g/mol. The van der Waals surface area contributed by atoms with Gasteiger partial charge in [-0.25, -0.2) is 4.79 Å². The minimum absolute atomic E-state index is 0. The molecule has 0 fully saturated rings. The van der Waals surface area contributed by atoms with E-state index in [0.29, 0.717) is 5.57 Å². The SMILES string of the molecule is C=C(C)C(=O)OC(C)[N+](C)(C)CCCCCCCCCCC.[Br-]. The molecule has 0 aromatic heterocycles. The predicted octanol–water partition coefficient (Wildman–Crippen LogP) is 2.06. The highest BCUT2D eigenvalue weighted by atomic mass is 79.9. The van der Waals surface area contributed by atoms with E-state index >= 15 is 0 Å². The van der Waals surface area contributed by atoms with E-state index in [1.54, 1.807) is 6.92 Å². The number of rotatable bonds is 13. The molecule has 0 saturated carbocycles. The number of halogens is 1. The summed E-state index contributed by atoms with van der Waals surface area (Å²) in [5.74, 6) is -0.286. The summed E-state index contributed by atoms with van der Waals surface area (Å²) in [5.41, 5.74) is 0.468. The van der Waals surface area contributed by atoms with E-state index in [9.17, 15) is 4.79 Å². The monoisotopic (exact) mass is 391 g/mol. The molecule has 0 aromatic carbocycles. The van der Waals surface area contributed by atoms with E-state index in [-0.39, 0.29) is 29.2 Å². The minimum Gasteiger partial charge on any atom is -1.00 e. The highest BCUT2D eigenvalue weighted by Gasteiger charge is 2.26. The molecule has 1 unspecified atom stereocenters. The zero-order valence-electron chi connectivity index (χ0n) is 16.0. The summed E-state index contributed by atoms with van der Waals surface area (Å²) in [6.07, 6.45) is 11.9. The van der Waals surface area contributed by atoms with Gasteiger partial charge in [-0.1, -0.05) is 58.4 Å². The van der Waals surface area contributed by atoms with Crippen LogP contribution in [0.4, 0.5) is 0 Å². The van der Waals surface area contributed by atoms with Crippen LogP contribution in [-0.4, -0.2) is 37.3 Å². The van der Waals surface area contributed by atoms with Crippen molar-refractivity contribution in [1.82, 2.24) is 0 Å². The van der Waals surface area contributed by atoms with Crippen LogP contribution < -0.4 is 17.0 Å². The van der Waals surface area contributed by atoms with Crippen LogP contribution >= 0.6 is 0 Å². The van der Waals surface area contributed by atoms with Crippen LogP contribution in [-0.2, 0) is 9.53 Å². The summed E-state index contributed by atoms with van der Waals surface area (Å²) < 4.78 is 6.16. The van der Waals surface area contributed by atoms with Crippen molar-refractivity contribution in [2.75, 3.05) is 20.6 Å². The quantitative estimate of drug-likeness (QED) is 0.158. The Morgan fingerprint density at radius 1 is 1.00 bits per heavy atom. The Balaban J connectivity index is 0. The number of carbonyl (C=O) groups excluding carboxylic acids is 1. The van der Waals surface area contributed by atoms with Gasteiger partial charge in [0, 0.05) is 12.5 Å². The molecular formula is C19H38BrNO2. The van der Waals surface area contributed by atoms with Gasteiger partial charge in [-0.15, -0.1) is 0 Å². The molecule has 138 valence electrons. The Labute approximate surface area is 154 Å². The van der Waals surface area contributed by atoms with Crippen molar-refractivity contribution in [3.8, 4) is 0 Å². The Kier molecular flexibility index (Phi) is 15.2. The van der Waals surface area contributed by atoms with Crippen LogP contribution in [0, 0.1) is 0 Å². The molecule has 0 bridgehead atoms. The van der Waals surface area contributed by atoms with Gasteiger partial charge in [0.05, 0.1) is 20.6 Å². The molecule has 0 rings (SSSR count). The molecule has 0 aliphatic rings. The van der Waals surface area contributed by atoms with E-state index in [0.717, 1.165) is 11.0 Å². The zero-order valence-corrected chi connectivity index (χ0v) is 17.6. The minimum atomic E-state index is -0.286. The molecule has 0 aliphatic carbocycles. The maximum absolute atomic E-state index is 11.6. The predicted molar refractivity (Wildman–Crippen MR) is 94.6 cm³/mol. The second-order valence-electron chi connectivity index (χ2n) is 7.12. The Morgan fingerprint density at radius 3 is 1.87 bits per heavy atom. The van der Waals surface area contributed by atoms with E-state index in [1.165, 1.54) is 57.8 Å². The van der Waals surface area contributed by atoms with Crippen molar-refractivity contribution < 1.29 is 31.0 Å². The fraction of sp³-hybridized carbons (Fsp3) is 0.842. The molecule has 3 nitrogen and oxygen atoms in total. The van der Waals surface area contributed by atoms with Crippen LogP contribution in [0.5, 0.6) is 0 Å². The molecule has 0 aromatic rings. The summed E-state index contributed by atoms with van der Waals surface area (Å²) in [5, 5.41) is 0. The number of carbonyl (C=O) groups is 1. The average Bonchev–Trinajstić information content (AvgIpc) is 2.45. The Bertz CT molecular complexity index is 329. The fourth-order valence-corrected chi connectivity index (χ4v) is 2.41. The van der Waals surface area contributed by atoms with Crippen molar-refractivity contribution in [2.24, 2.45) is 0 Å². The van der Waals surface area contributed by atoms with Gasteiger partial charge in [0.1, 0.15) is 0 Å². The number of hydrogen-bond acceptors (Lipinski definition) is 2. The van der Waals surface area contributed by atoms with Gasteiger partial charge in [0.2, 0.25) is 6.23 Å². The molecule has 0 spiro atoms. The fourth-order valence-electron chi connectivity index (χ4n) is 2.41. The van der Waals surface area contributed by atoms with Crippen LogP contribution in [0.2, 0.25) is 0 Å². The molecule has 0 amide bonds. The highest BCUT2D eigenvalue weighted by molar-refractivity contribution is 5.86. The lowest BCUT2D eigenvalue weighted by molar-refractivity contribution is -0.932. The summed E-state index contributed by atoms with van der Waals surface area (Å²) in [7, 11) is 4.25. The first kappa shape index (κ1) is 24.9. The van der Waals surface area contributed by atoms with Gasteiger partial charge in [0.25, 0.3) is 0 Å². The van der Waals surface area contributed by atoms with Gasteiger partial charge in [0.15, 0.2) is 0 Å². The lowest BCUT2D eigenvalue weighted by Gasteiger charge is -2.35. The number of unbranched alkanes of at least 4 members (excludes halogenated alkanes) is 8. The van der Waals surface area contributed by atoms with Crippen molar-refractivity contribution in [3.05, 3.63) is 12.2 Å². The third-order valence-corrected chi connectivity index (χ3v) is 4.45. The summed E-state index contributed by atoms with van der Waals surface area (Å²) >= 11 is 0.